The number of aliphatic hydroxyl groups excluding tert-OH is 1. The molecule has 1 unspecified atom stereocenters. The molecule has 0 fully saturated rings. The second kappa shape index (κ2) is 5.26. The van der Waals surface area contributed by atoms with Gasteiger partial charge in [-0.2, -0.15) is 0 Å². The van der Waals surface area contributed by atoms with Gasteiger partial charge < -0.3 is 21.0 Å². The van der Waals surface area contributed by atoms with Crippen LogP contribution in [-0.4, -0.2) is 38.9 Å². The van der Waals surface area contributed by atoms with Gasteiger partial charge in [0.15, 0.2) is 0 Å². The number of nitrogens with zero attached hydrogens (tertiary/aromatic N) is 2. The molecule has 0 spiro atoms. The molecule has 1 aromatic heterocycles. The van der Waals surface area contributed by atoms with Crippen molar-refractivity contribution < 1.29 is 10.2 Å². The first-order valence-corrected chi connectivity index (χ1v) is 5.28. The van der Waals surface area contributed by atoms with Gasteiger partial charge in [-0.05, 0) is 20.8 Å². The Kier molecular flexibility index (Phi) is 4.22. The summed E-state index contributed by atoms with van der Waals surface area (Å²) in [5.74, 6) is 7.02. The third-order valence-electron chi connectivity index (χ3n) is 2.37. The molecule has 0 aliphatic rings. The van der Waals surface area contributed by atoms with E-state index in [-0.39, 0.29) is 13.2 Å². The standard InChI is InChI=1S/C10H19N5O2/c1-6-8(12-4-10(3,17)5-16)13-7(2)14-9(6)15-11/h16-17H,4-5,11H2,1-3H3,(H2,12,13,14,15). The van der Waals surface area contributed by atoms with Crippen LogP contribution in [0.15, 0.2) is 0 Å². The highest BCUT2D eigenvalue weighted by Crippen LogP contribution is 2.19. The second-order valence-electron chi connectivity index (χ2n) is 4.25. The number of aliphatic hydroxyl groups is 2. The molecule has 0 saturated heterocycles. The molecule has 0 bridgehead atoms. The van der Waals surface area contributed by atoms with Crippen LogP contribution in [0.1, 0.15) is 18.3 Å². The van der Waals surface area contributed by atoms with Crippen molar-refractivity contribution in [1.29, 1.82) is 0 Å². The summed E-state index contributed by atoms with van der Waals surface area (Å²) in [6.45, 7) is 4.95. The summed E-state index contributed by atoms with van der Waals surface area (Å²) >= 11 is 0. The van der Waals surface area contributed by atoms with E-state index in [4.69, 9.17) is 10.9 Å². The Bertz CT molecular complexity index is 395. The van der Waals surface area contributed by atoms with Crippen molar-refractivity contribution >= 4 is 11.6 Å². The fourth-order valence-corrected chi connectivity index (χ4v) is 1.27. The molecule has 0 saturated carbocycles. The van der Waals surface area contributed by atoms with Crippen LogP contribution >= 0.6 is 0 Å². The minimum Gasteiger partial charge on any atom is -0.393 e. The molecule has 96 valence electrons. The van der Waals surface area contributed by atoms with Crippen molar-refractivity contribution in [2.24, 2.45) is 5.84 Å². The molecule has 6 N–H and O–H groups in total. The van der Waals surface area contributed by atoms with Crippen LogP contribution in [0.5, 0.6) is 0 Å². The van der Waals surface area contributed by atoms with E-state index < -0.39 is 5.60 Å². The van der Waals surface area contributed by atoms with Gasteiger partial charge in [-0.15, -0.1) is 0 Å². The van der Waals surface area contributed by atoms with Crippen molar-refractivity contribution in [2.45, 2.75) is 26.4 Å². The number of aromatic nitrogens is 2. The van der Waals surface area contributed by atoms with Crippen LogP contribution in [0.2, 0.25) is 0 Å². The third kappa shape index (κ3) is 3.52. The predicted molar refractivity (Wildman–Crippen MR) is 65.5 cm³/mol. The lowest BCUT2D eigenvalue weighted by Crippen LogP contribution is -2.37. The monoisotopic (exact) mass is 241 g/mol. The Hall–Kier alpha value is -1.44. The largest absolute Gasteiger partial charge is 0.393 e. The number of hydrazine groups is 1. The van der Waals surface area contributed by atoms with Gasteiger partial charge in [-0.1, -0.05) is 0 Å². The van der Waals surface area contributed by atoms with Gasteiger partial charge in [0.2, 0.25) is 0 Å². The van der Waals surface area contributed by atoms with Crippen molar-refractivity contribution in [3.63, 3.8) is 0 Å². The van der Waals surface area contributed by atoms with Gasteiger partial charge in [-0.25, -0.2) is 15.8 Å². The number of anilines is 2. The van der Waals surface area contributed by atoms with Crippen molar-refractivity contribution in [3.8, 4) is 0 Å². The van der Waals surface area contributed by atoms with E-state index in [0.29, 0.717) is 17.5 Å². The fourth-order valence-electron chi connectivity index (χ4n) is 1.27. The highest BCUT2D eigenvalue weighted by molar-refractivity contribution is 5.56. The first-order valence-electron chi connectivity index (χ1n) is 5.28. The first-order chi connectivity index (χ1) is 7.89. The van der Waals surface area contributed by atoms with Crippen LogP contribution in [0.4, 0.5) is 11.6 Å². The van der Waals surface area contributed by atoms with E-state index in [9.17, 15) is 5.11 Å². The van der Waals surface area contributed by atoms with Gasteiger partial charge in [-0.3, -0.25) is 0 Å². The fraction of sp³-hybridized carbons (Fsp3) is 0.600. The lowest BCUT2D eigenvalue weighted by molar-refractivity contribution is 0.0131. The molecule has 0 radical (unpaired) electrons. The highest BCUT2D eigenvalue weighted by atomic mass is 16.3. The van der Waals surface area contributed by atoms with Gasteiger partial charge in [0, 0.05) is 12.1 Å². The number of nitrogen functional groups attached to an aromatic ring is 1. The van der Waals surface area contributed by atoms with E-state index in [1.807, 2.05) is 6.92 Å². The van der Waals surface area contributed by atoms with Crippen LogP contribution in [0.25, 0.3) is 0 Å². The van der Waals surface area contributed by atoms with Crippen molar-refractivity contribution in [1.82, 2.24) is 9.97 Å². The number of nitrogens with two attached hydrogens (primary N) is 1. The van der Waals surface area contributed by atoms with Gasteiger partial charge in [0.25, 0.3) is 0 Å². The Labute approximate surface area is 100 Å². The molecule has 0 aromatic carbocycles. The average molecular weight is 241 g/mol. The van der Waals surface area contributed by atoms with Crippen LogP contribution < -0.4 is 16.6 Å². The summed E-state index contributed by atoms with van der Waals surface area (Å²) in [5, 5.41) is 21.6. The number of rotatable bonds is 5. The van der Waals surface area contributed by atoms with Crippen LogP contribution in [0.3, 0.4) is 0 Å². The zero-order valence-corrected chi connectivity index (χ0v) is 10.3. The zero-order valence-electron chi connectivity index (χ0n) is 10.3. The molecular weight excluding hydrogens is 222 g/mol. The van der Waals surface area contributed by atoms with Crippen LogP contribution in [0, 0.1) is 13.8 Å². The average Bonchev–Trinajstić information content (AvgIpc) is 2.30. The molecule has 0 aliphatic carbocycles. The summed E-state index contributed by atoms with van der Waals surface area (Å²) in [6, 6.07) is 0. The lowest BCUT2D eigenvalue weighted by Gasteiger charge is -2.22. The first kappa shape index (κ1) is 13.6. The van der Waals surface area contributed by atoms with Crippen molar-refractivity contribution in [3.05, 3.63) is 11.4 Å². The molecule has 0 aliphatic heterocycles. The minimum atomic E-state index is -1.19. The maximum atomic E-state index is 9.67. The maximum absolute atomic E-state index is 9.67. The number of hydrogen-bond donors (Lipinski definition) is 5. The van der Waals surface area contributed by atoms with E-state index in [2.05, 4.69) is 20.7 Å². The molecule has 7 nitrogen and oxygen atoms in total. The number of nitrogens with one attached hydrogen (secondary N) is 2. The molecule has 17 heavy (non-hydrogen) atoms. The Morgan fingerprint density at radius 3 is 2.41 bits per heavy atom. The molecule has 1 aromatic rings. The van der Waals surface area contributed by atoms with Crippen molar-refractivity contribution in [2.75, 3.05) is 23.9 Å². The normalized spacial score (nSPS) is 14.2. The lowest BCUT2D eigenvalue weighted by atomic mass is 10.1. The summed E-state index contributed by atoms with van der Waals surface area (Å²) < 4.78 is 0. The smallest absolute Gasteiger partial charge is 0.148 e. The molecule has 1 rings (SSSR count). The number of aryl methyl sites for hydroxylation is 1. The summed E-state index contributed by atoms with van der Waals surface area (Å²) in [6.07, 6.45) is 0. The van der Waals surface area contributed by atoms with E-state index >= 15 is 0 Å². The van der Waals surface area contributed by atoms with Gasteiger partial charge >= 0.3 is 0 Å². The Morgan fingerprint density at radius 2 is 1.88 bits per heavy atom. The third-order valence-corrected chi connectivity index (χ3v) is 2.37. The summed E-state index contributed by atoms with van der Waals surface area (Å²) in [7, 11) is 0. The summed E-state index contributed by atoms with van der Waals surface area (Å²) in [4.78, 5) is 8.33. The molecular formula is C10H19N5O2. The van der Waals surface area contributed by atoms with E-state index in [1.54, 1.807) is 6.92 Å². The Morgan fingerprint density at radius 1 is 1.29 bits per heavy atom. The van der Waals surface area contributed by atoms with E-state index in [1.165, 1.54) is 6.92 Å². The topological polar surface area (TPSA) is 116 Å². The van der Waals surface area contributed by atoms with Gasteiger partial charge in [0.1, 0.15) is 23.1 Å². The summed E-state index contributed by atoms with van der Waals surface area (Å²) in [5.41, 5.74) is 2.05. The number of hydrogen-bond acceptors (Lipinski definition) is 7. The highest BCUT2D eigenvalue weighted by Gasteiger charge is 2.19. The second-order valence-corrected chi connectivity index (χ2v) is 4.25. The van der Waals surface area contributed by atoms with Crippen LogP contribution in [-0.2, 0) is 0 Å². The minimum absolute atomic E-state index is 0.185. The quantitative estimate of drug-likeness (QED) is 0.349. The molecule has 0 amide bonds. The SMILES string of the molecule is Cc1nc(NN)c(C)c(NCC(C)(O)CO)n1. The Balaban J connectivity index is 2.88. The zero-order chi connectivity index (χ0) is 13.1. The maximum Gasteiger partial charge on any atom is 0.148 e. The predicted octanol–water partition coefficient (Wildman–Crippen LogP) is -0.466. The van der Waals surface area contributed by atoms with Gasteiger partial charge in [0.05, 0.1) is 6.61 Å². The molecule has 7 heteroatoms. The van der Waals surface area contributed by atoms with E-state index in [0.717, 1.165) is 5.56 Å². The molecule has 1 heterocycles. The molecule has 1 atom stereocenters.